The summed E-state index contributed by atoms with van der Waals surface area (Å²) in [5.74, 6) is 0. The molecule has 0 unspecified atom stereocenters. The van der Waals surface area contributed by atoms with Gasteiger partial charge in [0.25, 0.3) is 0 Å². The van der Waals surface area contributed by atoms with E-state index in [2.05, 4.69) is 25.7 Å². The summed E-state index contributed by atoms with van der Waals surface area (Å²) in [5.41, 5.74) is 3.83. The minimum atomic E-state index is -3.76. The molecule has 0 saturated heterocycles. The maximum atomic E-state index is 12.8. The van der Waals surface area contributed by atoms with E-state index in [0.717, 1.165) is 16.7 Å². The van der Waals surface area contributed by atoms with Crippen molar-refractivity contribution in [2.45, 2.75) is 38.1 Å². The van der Waals surface area contributed by atoms with Crippen molar-refractivity contribution in [3.05, 3.63) is 53.1 Å². The molecule has 0 fully saturated rings. The molecule has 0 spiro atoms. The predicted molar refractivity (Wildman–Crippen MR) is 91.1 cm³/mol. The standard InChI is InChI=1S/C17H19N3O3S/c1-4-14(13-9-8-11(2)10-12(13)3)20-24(21,22)16-7-5-6-15-17(16)19-23-18-15/h5-10,14,20H,4H2,1-3H3/t14-/m1/s1. The number of fused-ring (bicyclic) bond motifs is 1. The number of nitrogens with zero attached hydrogens (tertiary/aromatic N) is 2. The molecule has 0 aliphatic rings. The Morgan fingerprint density at radius 1 is 1.17 bits per heavy atom. The second kappa shape index (κ2) is 6.33. The van der Waals surface area contributed by atoms with Gasteiger partial charge < -0.3 is 0 Å². The van der Waals surface area contributed by atoms with Gasteiger partial charge in [0.15, 0.2) is 5.52 Å². The van der Waals surface area contributed by atoms with Crippen LogP contribution in [0.4, 0.5) is 0 Å². The highest BCUT2D eigenvalue weighted by Crippen LogP contribution is 2.26. The Bertz CT molecular complexity index is 980. The minimum absolute atomic E-state index is 0.0736. The van der Waals surface area contributed by atoms with E-state index >= 15 is 0 Å². The Morgan fingerprint density at radius 3 is 2.67 bits per heavy atom. The van der Waals surface area contributed by atoms with E-state index in [1.165, 1.54) is 6.07 Å². The van der Waals surface area contributed by atoms with Crippen molar-refractivity contribution in [2.75, 3.05) is 0 Å². The summed E-state index contributed by atoms with van der Waals surface area (Å²) in [4.78, 5) is 0.0736. The van der Waals surface area contributed by atoms with Crippen LogP contribution < -0.4 is 4.72 Å². The van der Waals surface area contributed by atoms with Crippen molar-refractivity contribution >= 4 is 21.1 Å². The van der Waals surface area contributed by atoms with E-state index in [1.54, 1.807) is 12.1 Å². The summed E-state index contributed by atoms with van der Waals surface area (Å²) in [6, 6.07) is 10.5. The van der Waals surface area contributed by atoms with Crippen LogP contribution in [-0.4, -0.2) is 18.7 Å². The lowest BCUT2D eigenvalue weighted by Gasteiger charge is -2.20. The third kappa shape index (κ3) is 3.05. The van der Waals surface area contributed by atoms with E-state index in [1.807, 2.05) is 32.9 Å². The maximum absolute atomic E-state index is 12.8. The molecule has 0 aliphatic carbocycles. The molecule has 0 radical (unpaired) electrons. The maximum Gasteiger partial charge on any atom is 0.243 e. The first-order chi connectivity index (χ1) is 11.4. The van der Waals surface area contributed by atoms with Crippen LogP contribution in [0.25, 0.3) is 11.0 Å². The molecule has 6 nitrogen and oxygen atoms in total. The molecule has 0 saturated carbocycles. The lowest BCUT2D eigenvalue weighted by atomic mass is 9.98. The molecule has 2 aromatic carbocycles. The molecule has 126 valence electrons. The Kier molecular flexibility index (Phi) is 4.38. The molecule has 3 aromatic rings. The normalized spacial score (nSPS) is 13.3. The van der Waals surface area contributed by atoms with Crippen LogP contribution in [0.5, 0.6) is 0 Å². The zero-order valence-electron chi connectivity index (χ0n) is 13.8. The van der Waals surface area contributed by atoms with Crippen molar-refractivity contribution in [3.63, 3.8) is 0 Å². The van der Waals surface area contributed by atoms with E-state index in [-0.39, 0.29) is 16.5 Å². The highest BCUT2D eigenvalue weighted by molar-refractivity contribution is 7.89. The molecule has 1 atom stereocenters. The second-order valence-corrected chi connectivity index (χ2v) is 7.51. The summed E-state index contributed by atoms with van der Waals surface area (Å²) < 4.78 is 33.1. The number of nitrogens with one attached hydrogen (secondary N) is 1. The van der Waals surface area contributed by atoms with E-state index in [9.17, 15) is 8.42 Å². The quantitative estimate of drug-likeness (QED) is 0.767. The molecule has 1 heterocycles. The zero-order valence-corrected chi connectivity index (χ0v) is 14.6. The topological polar surface area (TPSA) is 85.1 Å². The lowest BCUT2D eigenvalue weighted by molar-refractivity contribution is 0.315. The van der Waals surface area contributed by atoms with Crippen molar-refractivity contribution in [3.8, 4) is 0 Å². The Morgan fingerprint density at radius 2 is 1.96 bits per heavy atom. The van der Waals surface area contributed by atoms with Crippen LogP contribution in [0.3, 0.4) is 0 Å². The first kappa shape index (κ1) is 16.6. The smallest absolute Gasteiger partial charge is 0.243 e. The fraction of sp³-hybridized carbons (Fsp3) is 0.294. The van der Waals surface area contributed by atoms with Crippen molar-refractivity contribution in [2.24, 2.45) is 0 Å². The molecular formula is C17H19N3O3S. The van der Waals surface area contributed by atoms with Crippen LogP contribution in [0.1, 0.15) is 36.1 Å². The van der Waals surface area contributed by atoms with E-state index < -0.39 is 10.0 Å². The number of sulfonamides is 1. The van der Waals surface area contributed by atoms with E-state index in [0.29, 0.717) is 11.9 Å². The van der Waals surface area contributed by atoms with Crippen LogP contribution in [0, 0.1) is 13.8 Å². The first-order valence-electron chi connectivity index (χ1n) is 7.73. The van der Waals surface area contributed by atoms with Crippen molar-refractivity contribution in [1.82, 2.24) is 15.0 Å². The largest absolute Gasteiger partial charge is 0.243 e. The summed E-state index contributed by atoms with van der Waals surface area (Å²) in [6.45, 7) is 5.95. The fourth-order valence-corrected chi connectivity index (χ4v) is 4.28. The Balaban J connectivity index is 1.99. The number of hydrogen-bond donors (Lipinski definition) is 1. The molecule has 24 heavy (non-hydrogen) atoms. The summed E-state index contributed by atoms with van der Waals surface area (Å²) in [7, 11) is -3.76. The fourth-order valence-electron chi connectivity index (χ4n) is 2.83. The highest BCUT2D eigenvalue weighted by Gasteiger charge is 2.24. The van der Waals surface area contributed by atoms with Crippen LogP contribution in [-0.2, 0) is 10.0 Å². The molecule has 0 amide bonds. The van der Waals surface area contributed by atoms with Crippen molar-refractivity contribution < 1.29 is 13.0 Å². The predicted octanol–water partition coefficient (Wildman–Crippen LogP) is 3.27. The number of benzene rings is 2. The van der Waals surface area contributed by atoms with Gasteiger partial charge in [0.2, 0.25) is 10.0 Å². The molecule has 7 heteroatoms. The van der Waals surface area contributed by atoms with Gasteiger partial charge in [-0.3, -0.25) is 0 Å². The van der Waals surface area contributed by atoms with Gasteiger partial charge in [0, 0.05) is 6.04 Å². The molecular weight excluding hydrogens is 326 g/mol. The summed E-state index contributed by atoms with van der Waals surface area (Å²) >= 11 is 0. The average Bonchev–Trinajstić information content (AvgIpc) is 3.01. The summed E-state index contributed by atoms with van der Waals surface area (Å²) in [6.07, 6.45) is 0.635. The van der Waals surface area contributed by atoms with Gasteiger partial charge in [-0.2, -0.15) is 0 Å². The first-order valence-corrected chi connectivity index (χ1v) is 9.21. The van der Waals surface area contributed by atoms with Gasteiger partial charge in [-0.15, -0.1) is 0 Å². The second-order valence-electron chi connectivity index (χ2n) is 5.83. The van der Waals surface area contributed by atoms with Gasteiger partial charge in [-0.25, -0.2) is 17.8 Å². The van der Waals surface area contributed by atoms with Crippen molar-refractivity contribution in [1.29, 1.82) is 0 Å². The number of rotatable bonds is 5. The molecule has 0 aliphatic heterocycles. The minimum Gasteiger partial charge on any atom is -0.243 e. The molecule has 1 N–H and O–H groups in total. The average molecular weight is 345 g/mol. The van der Waals surface area contributed by atoms with Gasteiger partial charge in [0.05, 0.1) is 0 Å². The zero-order chi connectivity index (χ0) is 17.3. The third-order valence-electron chi connectivity index (χ3n) is 4.04. The van der Waals surface area contributed by atoms with Gasteiger partial charge in [0.1, 0.15) is 10.4 Å². The van der Waals surface area contributed by atoms with Gasteiger partial charge >= 0.3 is 0 Å². The number of aromatic nitrogens is 2. The molecule has 3 rings (SSSR count). The Hall–Kier alpha value is -2.25. The monoisotopic (exact) mass is 345 g/mol. The molecule has 0 bridgehead atoms. The SMILES string of the molecule is CC[C@@H](NS(=O)(=O)c1cccc2nonc12)c1ccc(C)cc1C. The summed E-state index contributed by atoms with van der Waals surface area (Å²) in [5, 5.41) is 7.41. The molecule has 1 aromatic heterocycles. The number of hydrogen-bond acceptors (Lipinski definition) is 5. The van der Waals surface area contributed by atoms with Gasteiger partial charge in [-0.05, 0) is 53.8 Å². The van der Waals surface area contributed by atoms with E-state index in [4.69, 9.17) is 0 Å². The lowest BCUT2D eigenvalue weighted by Crippen LogP contribution is -2.29. The van der Waals surface area contributed by atoms with Crippen LogP contribution in [0.15, 0.2) is 45.9 Å². The Labute approximate surface area is 140 Å². The number of aryl methyl sites for hydroxylation is 2. The van der Waals surface area contributed by atoms with Gasteiger partial charge in [-0.1, -0.05) is 36.8 Å². The highest BCUT2D eigenvalue weighted by atomic mass is 32.2. The van der Waals surface area contributed by atoms with Crippen LogP contribution in [0.2, 0.25) is 0 Å². The van der Waals surface area contributed by atoms with Crippen LogP contribution >= 0.6 is 0 Å². The third-order valence-corrected chi connectivity index (χ3v) is 5.55.